The lowest BCUT2D eigenvalue weighted by atomic mass is 10.1. The van der Waals surface area contributed by atoms with Crippen LogP contribution >= 0.6 is 0 Å². The highest BCUT2D eigenvalue weighted by Crippen LogP contribution is 2.24. The molecule has 138 valence electrons. The topological polar surface area (TPSA) is 76.9 Å². The summed E-state index contributed by atoms with van der Waals surface area (Å²) in [5.41, 5.74) is 2.17. The third-order valence-corrected chi connectivity index (χ3v) is 4.42. The SMILES string of the molecule is O=C(Cn1nc(-c2ccccc2)c2ccccc2c1=O)NCc1cccnc1. The number of pyridine rings is 1. The number of hydrogen-bond acceptors (Lipinski definition) is 4. The van der Waals surface area contributed by atoms with Gasteiger partial charge in [0, 0.05) is 29.9 Å². The summed E-state index contributed by atoms with van der Waals surface area (Å²) >= 11 is 0. The van der Waals surface area contributed by atoms with E-state index in [0.29, 0.717) is 17.6 Å². The molecule has 6 heteroatoms. The predicted octanol–water partition coefficient (Wildman–Crippen LogP) is 2.77. The molecule has 0 aliphatic heterocycles. The lowest BCUT2D eigenvalue weighted by Crippen LogP contribution is -2.33. The molecule has 4 aromatic rings. The number of aromatic nitrogens is 3. The van der Waals surface area contributed by atoms with E-state index in [9.17, 15) is 9.59 Å². The Morgan fingerprint density at radius 3 is 2.43 bits per heavy atom. The summed E-state index contributed by atoms with van der Waals surface area (Å²) in [6.07, 6.45) is 3.36. The van der Waals surface area contributed by atoms with Crippen LogP contribution in [0.3, 0.4) is 0 Å². The monoisotopic (exact) mass is 370 g/mol. The summed E-state index contributed by atoms with van der Waals surface area (Å²) < 4.78 is 1.23. The van der Waals surface area contributed by atoms with Crippen LogP contribution < -0.4 is 10.9 Å². The van der Waals surface area contributed by atoms with Crippen molar-refractivity contribution < 1.29 is 4.79 Å². The van der Waals surface area contributed by atoms with Gasteiger partial charge in [0.2, 0.25) is 5.91 Å². The first-order chi connectivity index (χ1) is 13.7. The van der Waals surface area contributed by atoms with Gasteiger partial charge in [0.1, 0.15) is 6.54 Å². The number of fused-ring (bicyclic) bond motifs is 1. The number of rotatable bonds is 5. The molecule has 1 N–H and O–H groups in total. The van der Waals surface area contributed by atoms with Gasteiger partial charge in [-0.1, -0.05) is 54.6 Å². The molecule has 6 nitrogen and oxygen atoms in total. The van der Waals surface area contributed by atoms with E-state index in [4.69, 9.17) is 0 Å². The molecule has 28 heavy (non-hydrogen) atoms. The zero-order valence-corrected chi connectivity index (χ0v) is 15.1. The highest BCUT2D eigenvalue weighted by molar-refractivity contribution is 5.93. The van der Waals surface area contributed by atoms with Crippen molar-refractivity contribution in [2.45, 2.75) is 13.1 Å². The zero-order chi connectivity index (χ0) is 19.3. The maximum absolute atomic E-state index is 12.8. The second-order valence-corrected chi connectivity index (χ2v) is 6.36. The van der Waals surface area contributed by atoms with E-state index in [1.165, 1.54) is 4.68 Å². The molecule has 0 fully saturated rings. The average Bonchev–Trinajstić information content (AvgIpc) is 2.76. The second kappa shape index (κ2) is 7.84. The number of hydrogen-bond donors (Lipinski definition) is 1. The molecule has 0 spiro atoms. The summed E-state index contributed by atoms with van der Waals surface area (Å²) in [5.74, 6) is -0.284. The molecule has 2 aromatic heterocycles. The van der Waals surface area contributed by atoms with Gasteiger partial charge >= 0.3 is 0 Å². The molecular formula is C22H18N4O2. The molecule has 0 bridgehead atoms. The molecule has 0 saturated heterocycles. The van der Waals surface area contributed by atoms with Crippen molar-refractivity contribution in [3.63, 3.8) is 0 Å². The minimum atomic E-state index is -0.285. The van der Waals surface area contributed by atoms with Crippen molar-refractivity contribution in [3.05, 3.63) is 95.0 Å². The lowest BCUT2D eigenvalue weighted by molar-refractivity contribution is -0.122. The summed E-state index contributed by atoms with van der Waals surface area (Å²) in [6.45, 7) is 0.199. The smallest absolute Gasteiger partial charge is 0.275 e. The van der Waals surface area contributed by atoms with Crippen LogP contribution in [0.2, 0.25) is 0 Å². The Morgan fingerprint density at radius 2 is 1.68 bits per heavy atom. The zero-order valence-electron chi connectivity index (χ0n) is 15.1. The molecule has 0 unspecified atom stereocenters. The molecule has 0 saturated carbocycles. The number of carbonyl (C=O) groups is 1. The normalized spacial score (nSPS) is 10.7. The van der Waals surface area contributed by atoms with Crippen LogP contribution in [0.5, 0.6) is 0 Å². The summed E-state index contributed by atoms with van der Waals surface area (Å²) in [5, 5.41) is 8.61. The quantitative estimate of drug-likeness (QED) is 0.586. The van der Waals surface area contributed by atoms with Gasteiger partial charge in [-0.25, -0.2) is 4.68 Å². The van der Waals surface area contributed by atoms with Gasteiger partial charge < -0.3 is 5.32 Å². The molecular weight excluding hydrogens is 352 g/mol. The predicted molar refractivity (Wildman–Crippen MR) is 108 cm³/mol. The Morgan fingerprint density at radius 1 is 0.929 bits per heavy atom. The van der Waals surface area contributed by atoms with Crippen molar-refractivity contribution in [3.8, 4) is 11.3 Å². The number of nitrogens with one attached hydrogen (secondary N) is 1. The van der Waals surface area contributed by atoms with E-state index in [1.54, 1.807) is 18.5 Å². The fraction of sp³-hybridized carbons (Fsp3) is 0.0909. The standard InChI is InChI=1S/C22H18N4O2/c27-20(24-14-16-7-6-12-23-13-16)15-26-22(28)19-11-5-4-10-18(19)21(25-26)17-8-2-1-3-9-17/h1-13H,14-15H2,(H,24,27). The molecule has 0 aliphatic carbocycles. The van der Waals surface area contributed by atoms with Gasteiger partial charge in [0.05, 0.1) is 11.1 Å². The fourth-order valence-corrected chi connectivity index (χ4v) is 3.05. The van der Waals surface area contributed by atoms with Crippen LogP contribution in [-0.2, 0) is 17.9 Å². The van der Waals surface area contributed by atoms with Crippen LogP contribution in [0, 0.1) is 0 Å². The van der Waals surface area contributed by atoms with Gasteiger partial charge in [-0.2, -0.15) is 5.10 Å². The van der Waals surface area contributed by atoms with E-state index in [2.05, 4.69) is 15.4 Å². The first kappa shape index (κ1) is 17.6. The lowest BCUT2D eigenvalue weighted by Gasteiger charge is -2.11. The Bertz CT molecular complexity index is 1170. The summed E-state index contributed by atoms with van der Waals surface area (Å²) in [6, 6.07) is 20.6. The third kappa shape index (κ3) is 3.66. The van der Waals surface area contributed by atoms with Gasteiger partial charge in [-0.15, -0.1) is 0 Å². The van der Waals surface area contributed by atoms with E-state index in [1.807, 2.05) is 60.7 Å². The minimum absolute atomic E-state index is 0.149. The summed E-state index contributed by atoms with van der Waals surface area (Å²) in [4.78, 5) is 29.2. The van der Waals surface area contributed by atoms with Crippen molar-refractivity contribution in [2.24, 2.45) is 0 Å². The second-order valence-electron chi connectivity index (χ2n) is 6.36. The van der Waals surface area contributed by atoms with Gasteiger partial charge in [-0.05, 0) is 17.7 Å². The van der Waals surface area contributed by atoms with Gasteiger partial charge in [0.15, 0.2) is 0 Å². The molecule has 0 aliphatic rings. The Kier molecular flexibility index (Phi) is 4.93. The largest absolute Gasteiger partial charge is 0.350 e. The molecule has 2 aromatic carbocycles. The number of amides is 1. The Hall–Kier alpha value is -3.80. The maximum atomic E-state index is 12.8. The molecule has 0 atom stereocenters. The van der Waals surface area contributed by atoms with E-state index in [-0.39, 0.29) is 18.0 Å². The first-order valence-electron chi connectivity index (χ1n) is 8.93. The number of benzene rings is 2. The van der Waals surface area contributed by atoms with E-state index in [0.717, 1.165) is 16.5 Å². The van der Waals surface area contributed by atoms with Crippen LogP contribution in [0.15, 0.2) is 83.9 Å². The van der Waals surface area contributed by atoms with Crippen molar-refractivity contribution in [1.29, 1.82) is 0 Å². The van der Waals surface area contributed by atoms with Crippen molar-refractivity contribution >= 4 is 16.7 Å². The highest BCUT2D eigenvalue weighted by atomic mass is 16.2. The fourth-order valence-electron chi connectivity index (χ4n) is 3.05. The minimum Gasteiger partial charge on any atom is -0.350 e. The van der Waals surface area contributed by atoms with Crippen molar-refractivity contribution in [1.82, 2.24) is 20.1 Å². The highest BCUT2D eigenvalue weighted by Gasteiger charge is 2.14. The van der Waals surface area contributed by atoms with Gasteiger partial charge in [0.25, 0.3) is 5.56 Å². The maximum Gasteiger partial charge on any atom is 0.275 e. The summed E-state index contributed by atoms with van der Waals surface area (Å²) in [7, 11) is 0. The Balaban J connectivity index is 1.66. The van der Waals surface area contributed by atoms with Crippen molar-refractivity contribution in [2.75, 3.05) is 0 Å². The van der Waals surface area contributed by atoms with E-state index < -0.39 is 0 Å². The molecule has 1 amide bonds. The molecule has 2 heterocycles. The average molecular weight is 370 g/mol. The van der Waals surface area contributed by atoms with Crippen LogP contribution in [0.1, 0.15) is 5.56 Å². The van der Waals surface area contributed by atoms with Crippen LogP contribution in [0.4, 0.5) is 0 Å². The van der Waals surface area contributed by atoms with Gasteiger partial charge in [-0.3, -0.25) is 14.6 Å². The third-order valence-electron chi connectivity index (χ3n) is 4.42. The first-order valence-corrected chi connectivity index (χ1v) is 8.93. The van der Waals surface area contributed by atoms with Crippen LogP contribution in [-0.4, -0.2) is 20.7 Å². The number of nitrogens with zero attached hydrogens (tertiary/aromatic N) is 3. The Labute approximate surface area is 161 Å². The number of carbonyl (C=O) groups excluding carboxylic acids is 1. The molecule has 4 rings (SSSR count). The van der Waals surface area contributed by atoms with E-state index >= 15 is 0 Å². The molecule has 0 radical (unpaired) electrons. The van der Waals surface area contributed by atoms with Crippen LogP contribution in [0.25, 0.3) is 22.0 Å².